The van der Waals surface area contributed by atoms with Gasteiger partial charge in [0, 0.05) is 18.3 Å². The molecule has 21 heavy (non-hydrogen) atoms. The number of nitrogens with zero attached hydrogens (tertiary/aromatic N) is 3. The van der Waals surface area contributed by atoms with E-state index < -0.39 is 17.5 Å². The summed E-state index contributed by atoms with van der Waals surface area (Å²) in [5.41, 5.74) is 0.473. The van der Waals surface area contributed by atoms with Crippen LogP contribution >= 0.6 is 12.2 Å². The van der Waals surface area contributed by atoms with Gasteiger partial charge in [-0.3, -0.25) is 14.6 Å². The van der Waals surface area contributed by atoms with Gasteiger partial charge in [-0.05, 0) is 24.4 Å². The Morgan fingerprint density at radius 3 is 2.43 bits per heavy atom. The van der Waals surface area contributed by atoms with Crippen LogP contribution in [0, 0.1) is 22.2 Å². The van der Waals surface area contributed by atoms with Crippen LogP contribution in [0.4, 0.5) is 13.2 Å². The van der Waals surface area contributed by atoms with Crippen LogP contribution in [0.3, 0.4) is 0 Å². The third kappa shape index (κ3) is 2.33. The number of aromatic amines is 1. The van der Waals surface area contributed by atoms with Gasteiger partial charge < -0.3 is 0 Å². The van der Waals surface area contributed by atoms with Crippen molar-refractivity contribution in [1.29, 1.82) is 0 Å². The first-order valence-electron chi connectivity index (χ1n) is 5.81. The van der Waals surface area contributed by atoms with Gasteiger partial charge in [-0.2, -0.15) is 5.10 Å². The smallest absolute Gasteiger partial charge is 0.200 e. The summed E-state index contributed by atoms with van der Waals surface area (Å²) >= 11 is 5.05. The molecule has 8 heteroatoms. The second kappa shape index (κ2) is 5.13. The molecule has 0 saturated heterocycles. The molecule has 1 N–H and O–H groups in total. The SMILES string of the molecule is Fc1cc(-n2c(-c3ccccn3)n[nH]c2=S)cc(F)c1F. The Kier molecular flexibility index (Phi) is 3.30. The fourth-order valence-corrected chi connectivity index (χ4v) is 2.11. The predicted molar refractivity (Wildman–Crippen MR) is 71.9 cm³/mol. The zero-order valence-corrected chi connectivity index (χ0v) is 11.2. The monoisotopic (exact) mass is 308 g/mol. The van der Waals surface area contributed by atoms with E-state index in [1.54, 1.807) is 24.4 Å². The second-order valence-electron chi connectivity index (χ2n) is 4.13. The van der Waals surface area contributed by atoms with Gasteiger partial charge in [0.1, 0.15) is 5.69 Å². The molecule has 0 fully saturated rings. The first-order valence-corrected chi connectivity index (χ1v) is 6.22. The Morgan fingerprint density at radius 2 is 1.81 bits per heavy atom. The highest BCUT2D eigenvalue weighted by Gasteiger charge is 2.16. The quantitative estimate of drug-likeness (QED) is 0.583. The summed E-state index contributed by atoms with van der Waals surface area (Å²) in [6, 6.07) is 6.80. The molecule has 0 amide bonds. The second-order valence-corrected chi connectivity index (χ2v) is 4.51. The van der Waals surface area contributed by atoms with E-state index in [9.17, 15) is 13.2 Å². The summed E-state index contributed by atoms with van der Waals surface area (Å²) in [5, 5.41) is 6.51. The van der Waals surface area contributed by atoms with Crippen LogP contribution in [0.25, 0.3) is 17.2 Å². The molecule has 3 rings (SSSR count). The number of nitrogens with one attached hydrogen (secondary N) is 1. The summed E-state index contributed by atoms with van der Waals surface area (Å²) in [6.07, 6.45) is 1.54. The highest BCUT2D eigenvalue weighted by Crippen LogP contribution is 2.22. The van der Waals surface area contributed by atoms with Gasteiger partial charge in [-0.15, -0.1) is 0 Å². The molecule has 0 aliphatic rings. The Labute approximate surface area is 121 Å². The van der Waals surface area contributed by atoms with Gasteiger partial charge in [-0.1, -0.05) is 6.07 Å². The molecule has 106 valence electrons. The summed E-state index contributed by atoms with van der Waals surface area (Å²) < 4.78 is 41.2. The lowest BCUT2D eigenvalue weighted by atomic mass is 10.2. The van der Waals surface area contributed by atoms with Crippen molar-refractivity contribution >= 4 is 12.2 Å². The number of hydrogen-bond acceptors (Lipinski definition) is 3. The molecule has 0 atom stereocenters. The number of halogens is 3. The third-order valence-corrected chi connectivity index (χ3v) is 3.07. The van der Waals surface area contributed by atoms with E-state index >= 15 is 0 Å². The lowest BCUT2D eigenvalue weighted by Crippen LogP contribution is -2.02. The fourth-order valence-electron chi connectivity index (χ4n) is 1.87. The summed E-state index contributed by atoms with van der Waals surface area (Å²) in [5.74, 6) is -3.88. The fraction of sp³-hybridized carbons (Fsp3) is 0. The zero-order chi connectivity index (χ0) is 15.0. The average molecular weight is 308 g/mol. The molecule has 0 saturated carbocycles. The molecule has 0 aliphatic heterocycles. The maximum Gasteiger partial charge on any atom is 0.200 e. The number of pyridine rings is 1. The van der Waals surface area contributed by atoms with E-state index in [0.29, 0.717) is 5.69 Å². The van der Waals surface area contributed by atoms with Gasteiger partial charge >= 0.3 is 0 Å². The number of aromatic nitrogens is 4. The zero-order valence-electron chi connectivity index (χ0n) is 10.3. The van der Waals surface area contributed by atoms with Crippen molar-refractivity contribution in [3.8, 4) is 17.2 Å². The molecule has 4 nitrogen and oxygen atoms in total. The normalized spacial score (nSPS) is 10.8. The van der Waals surface area contributed by atoms with Crippen LogP contribution in [0.1, 0.15) is 0 Å². The van der Waals surface area contributed by atoms with Crippen LogP contribution in [0.2, 0.25) is 0 Å². The van der Waals surface area contributed by atoms with Gasteiger partial charge in [-0.25, -0.2) is 13.2 Å². The van der Waals surface area contributed by atoms with Crippen LogP contribution in [-0.2, 0) is 0 Å². The molecule has 1 aromatic carbocycles. The Morgan fingerprint density at radius 1 is 1.10 bits per heavy atom. The van der Waals surface area contributed by atoms with Crippen molar-refractivity contribution in [2.24, 2.45) is 0 Å². The minimum Gasteiger partial charge on any atom is -0.267 e. The van der Waals surface area contributed by atoms with Gasteiger partial charge in [0.05, 0.1) is 5.69 Å². The number of rotatable bonds is 2. The standard InChI is InChI=1S/C13H7F3N4S/c14-8-5-7(6-9(15)11(8)16)20-12(18-19-13(20)21)10-3-1-2-4-17-10/h1-6H,(H,19,21). The highest BCUT2D eigenvalue weighted by atomic mass is 32.1. The van der Waals surface area contributed by atoms with Crippen LogP contribution in [0.15, 0.2) is 36.5 Å². The largest absolute Gasteiger partial charge is 0.267 e. The van der Waals surface area contributed by atoms with Crippen molar-refractivity contribution < 1.29 is 13.2 Å². The molecule has 0 bridgehead atoms. The third-order valence-electron chi connectivity index (χ3n) is 2.79. The summed E-state index contributed by atoms with van der Waals surface area (Å²) in [7, 11) is 0. The van der Waals surface area contributed by atoms with Gasteiger partial charge in [0.25, 0.3) is 0 Å². The van der Waals surface area contributed by atoms with E-state index in [1.807, 2.05) is 0 Å². The maximum atomic E-state index is 13.4. The Balaban J connectivity index is 2.25. The van der Waals surface area contributed by atoms with Crippen molar-refractivity contribution in [3.63, 3.8) is 0 Å². The lowest BCUT2D eigenvalue weighted by molar-refractivity contribution is 0.446. The van der Waals surface area contributed by atoms with E-state index in [2.05, 4.69) is 15.2 Å². The molecule has 2 aromatic heterocycles. The maximum absolute atomic E-state index is 13.4. The number of hydrogen-bond donors (Lipinski definition) is 1. The minimum atomic E-state index is -1.53. The summed E-state index contributed by atoms with van der Waals surface area (Å²) in [4.78, 5) is 4.10. The van der Waals surface area contributed by atoms with Gasteiger partial charge in [0.2, 0.25) is 0 Å². The van der Waals surface area contributed by atoms with Crippen molar-refractivity contribution in [2.45, 2.75) is 0 Å². The molecule has 0 aliphatic carbocycles. The highest BCUT2D eigenvalue weighted by molar-refractivity contribution is 7.71. The molecular weight excluding hydrogens is 301 g/mol. The average Bonchev–Trinajstić information content (AvgIpc) is 2.87. The Bertz CT molecular complexity index is 834. The predicted octanol–water partition coefficient (Wildman–Crippen LogP) is 3.41. The lowest BCUT2D eigenvalue weighted by Gasteiger charge is -2.07. The molecule has 0 unspecified atom stereocenters. The number of H-pyrrole nitrogens is 1. The van der Waals surface area contributed by atoms with E-state index in [4.69, 9.17) is 12.2 Å². The van der Waals surface area contributed by atoms with Crippen molar-refractivity contribution in [3.05, 3.63) is 58.8 Å². The molecule has 0 radical (unpaired) electrons. The topological polar surface area (TPSA) is 46.5 Å². The van der Waals surface area contributed by atoms with Crippen LogP contribution in [0.5, 0.6) is 0 Å². The van der Waals surface area contributed by atoms with Crippen LogP contribution in [-0.4, -0.2) is 19.7 Å². The molecule has 3 aromatic rings. The first-order chi connectivity index (χ1) is 10.1. The van der Waals surface area contributed by atoms with Gasteiger partial charge in [0.15, 0.2) is 28.0 Å². The van der Waals surface area contributed by atoms with Crippen LogP contribution < -0.4 is 0 Å². The molecular formula is C13H7F3N4S. The van der Waals surface area contributed by atoms with Crippen molar-refractivity contribution in [2.75, 3.05) is 0 Å². The number of benzene rings is 1. The van der Waals surface area contributed by atoms with E-state index in [1.165, 1.54) is 4.57 Å². The summed E-state index contributed by atoms with van der Waals surface area (Å²) in [6.45, 7) is 0. The first kappa shape index (κ1) is 13.5. The molecule has 2 heterocycles. The van der Waals surface area contributed by atoms with Crippen molar-refractivity contribution in [1.82, 2.24) is 19.7 Å². The van der Waals surface area contributed by atoms with E-state index in [0.717, 1.165) is 12.1 Å². The Hall–Kier alpha value is -2.48. The van der Waals surface area contributed by atoms with E-state index in [-0.39, 0.29) is 16.3 Å². The minimum absolute atomic E-state index is 0.0193. The molecule has 0 spiro atoms.